The van der Waals surface area contributed by atoms with Gasteiger partial charge in [-0.05, 0) is 19.9 Å². The molecule has 0 radical (unpaired) electrons. The molecule has 0 N–H and O–H groups in total. The van der Waals surface area contributed by atoms with Crippen molar-refractivity contribution in [3.63, 3.8) is 0 Å². The quantitative estimate of drug-likeness (QED) is 0.783. The van der Waals surface area contributed by atoms with Gasteiger partial charge in [0.2, 0.25) is 0 Å². The number of aryl methyl sites for hydroxylation is 1. The van der Waals surface area contributed by atoms with Crippen LogP contribution < -0.4 is 0 Å². The van der Waals surface area contributed by atoms with Gasteiger partial charge in [0.05, 0.1) is 19.8 Å². The van der Waals surface area contributed by atoms with Crippen molar-refractivity contribution in [3.05, 3.63) is 23.7 Å². The number of esters is 1. The molecule has 116 valence electrons. The Kier molecular flexibility index (Phi) is 5.01. The van der Waals surface area contributed by atoms with Crippen LogP contribution in [0.2, 0.25) is 0 Å². The summed E-state index contributed by atoms with van der Waals surface area (Å²) in [6.07, 6.45) is 1.92. The molecule has 6 heteroatoms. The summed E-state index contributed by atoms with van der Waals surface area (Å²) in [5, 5.41) is 0. The summed E-state index contributed by atoms with van der Waals surface area (Å²) in [5.41, 5.74) is 0.861. The van der Waals surface area contributed by atoms with Gasteiger partial charge < -0.3 is 14.1 Å². The van der Waals surface area contributed by atoms with Crippen LogP contribution in [0.15, 0.2) is 16.7 Å². The summed E-state index contributed by atoms with van der Waals surface area (Å²) in [6, 6.07) is 1.89. The number of nitrogens with zero attached hydrogens (tertiary/aromatic N) is 2. The van der Waals surface area contributed by atoms with Crippen LogP contribution >= 0.6 is 0 Å². The smallest absolute Gasteiger partial charge is 0.306 e. The number of amides is 1. The molecule has 1 amide bonds. The molecule has 1 aromatic rings. The van der Waals surface area contributed by atoms with Gasteiger partial charge in [-0.3, -0.25) is 14.5 Å². The van der Waals surface area contributed by atoms with E-state index in [1.807, 2.05) is 18.7 Å². The van der Waals surface area contributed by atoms with E-state index in [4.69, 9.17) is 4.42 Å². The van der Waals surface area contributed by atoms with E-state index in [0.29, 0.717) is 25.3 Å². The van der Waals surface area contributed by atoms with Crippen LogP contribution in [0.5, 0.6) is 0 Å². The van der Waals surface area contributed by atoms with E-state index in [2.05, 4.69) is 9.64 Å². The SMILES string of the molecule is COC(=O)CCN1CCN(C(=O)c2occc2C)[C@@H](C)C1. The minimum atomic E-state index is -0.202. The number of ether oxygens (including phenoxy) is 1. The van der Waals surface area contributed by atoms with Crippen molar-refractivity contribution in [2.75, 3.05) is 33.3 Å². The summed E-state index contributed by atoms with van der Waals surface area (Å²) < 4.78 is 9.93. The number of piperazine rings is 1. The maximum Gasteiger partial charge on any atom is 0.306 e. The Bertz CT molecular complexity index is 512. The van der Waals surface area contributed by atoms with Crippen LogP contribution in [0.1, 0.15) is 29.5 Å². The molecular formula is C15H22N2O4. The van der Waals surface area contributed by atoms with E-state index in [-0.39, 0.29) is 17.9 Å². The van der Waals surface area contributed by atoms with E-state index in [1.54, 1.807) is 12.3 Å². The van der Waals surface area contributed by atoms with E-state index < -0.39 is 0 Å². The summed E-state index contributed by atoms with van der Waals surface area (Å²) in [5.74, 6) is 0.162. The second kappa shape index (κ2) is 6.76. The van der Waals surface area contributed by atoms with Gasteiger partial charge in [0.25, 0.3) is 5.91 Å². The van der Waals surface area contributed by atoms with Crippen LogP contribution in [-0.4, -0.2) is 61.0 Å². The van der Waals surface area contributed by atoms with Crippen molar-refractivity contribution in [3.8, 4) is 0 Å². The third kappa shape index (κ3) is 3.64. The molecule has 0 bridgehead atoms. The molecule has 1 aliphatic rings. The molecule has 6 nitrogen and oxygen atoms in total. The third-order valence-electron chi connectivity index (χ3n) is 3.89. The molecular weight excluding hydrogens is 272 g/mol. The third-order valence-corrected chi connectivity index (χ3v) is 3.89. The summed E-state index contributed by atoms with van der Waals surface area (Å²) in [7, 11) is 1.40. The average molecular weight is 294 g/mol. The average Bonchev–Trinajstić information content (AvgIpc) is 2.90. The predicted octanol–water partition coefficient (Wildman–Crippen LogP) is 1.30. The molecule has 0 aromatic carbocycles. The minimum absolute atomic E-state index is 0.0578. The Morgan fingerprint density at radius 1 is 1.43 bits per heavy atom. The minimum Gasteiger partial charge on any atom is -0.469 e. The van der Waals surface area contributed by atoms with Crippen molar-refractivity contribution in [1.82, 2.24) is 9.80 Å². The number of furan rings is 1. The Labute approximate surface area is 124 Å². The molecule has 2 heterocycles. The van der Waals surface area contributed by atoms with Gasteiger partial charge in [-0.25, -0.2) is 0 Å². The summed E-state index contributed by atoms with van der Waals surface area (Å²) in [4.78, 5) is 27.6. The van der Waals surface area contributed by atoms with Crippen LogP contribution in [0.3, 0.4) is 0 Å². The molecule has 0 aliphatic carbocycles. The first-order valence-corrected chi connectivity index (χ1v) is 7.17. The van der Waals surface area contributed by atoms with E-state index in [0.717, 1.165) is 18.7 Å². The van der Waals surface area contributed by atoms with Gasteiger partial charge >= 0.3 is 5.97 Å². The molecule has 1 aliphatic heterocycles. The standard InChI is InChI=1S/C15H22N2O4/c1-11-5-9-21-14(11)15(19)17-8-7-16(10-12(17)2)6-4-13(18)20-3/h5,9,12H,4,6-8,10H2,1-3H3/t12-/m0/s1. The van der Waals surface area contributed by atoms with Gasteiger partial charge in [-0.1, -0.05) is 0 Å². The van der Waals surface area contributed by atoms with Gasteiger partial charge in [0.1, 0.15) is 0 Å². The predicted molar refractivity (Wildman–Crippen MR) is 77.0 cm³/mol. The number of methoxy groups -OCH3 is 1. The molecule has 21 heavy (non-hydrogen) atoms. The number of rotatable bonds is 4. The fourth-order valence-electron chi connectivity index (χ4n) is 2.61. The Balaban J connectivity index is 1.91. The number of carbonyl (C=O) groups is 2. The normalized spacial score (nSPS) is 19.6. The molecule has 1 aromatic heterocycles. The van der Waals surface area contributed by atoms with Crippen molar-refractivity contribution in [2.24, 2.45) is 0 Å². The van der Waals surface area contributed by atoms with E-state index >= 15 is 0 Å². The Morgan fingerprint density at radius 2 is 2.19 bits per heavy atom. The lowest BCUT2D eigenvalue weighted by atomic mass is 10.1. The first-order chi connectivity index (χ1) is 10.0. The zero-order valence-corrected chi connectivity index (χ0v) is 12.8. The second-order valence-corrected chi connectivity index (χ2v) is 5.41. The van der Waals surface area contributed by atoms with Gasteiger partial charge in [-0.2, -0.15) is 0 Å². The molecule has 0 unspecified atom stereocenters. The lowest BCUT2D eigenvalue weighted by Crippen LogP contribution is -2.54. The molecule has 1 saturated heterocycles. The van der Waals surface area contributed by atoms with Crippen LogP contribution in [0.25, 0.3) is 0 Å². The first kappa shape index (κ1) is 15.6. The molecule has 2 rings (SSSR count). The fourth-order valence-corrected chi connectivity index (χ4v) is 2.61. The summed E-state index contributed by atoms with van der Waals surface area (Å²) in [6.45, 7) is 6.70. The number of carbonyl (C=O) groups excluding carboxylic acids is 2. The highest BCUT2D eigenvalue weighted by Crippen LogP contribution is 2.17. The van der Waals surface area contributed by atoms with Crippen molar-refractivity contribution < 1.29 is 18.7 Å². The maximum absolute atomic E-state index is 12.5. The zero-order chi connectivity index (χ0) is 15.4. The van der Waals surface area contributed by atoms with E-state index in [9.17, 15) is 9.59 Å². The molecule has 1 fully saturated rings. The van der Waals surface area contributed by atoms with Gasteiger partial charge in [0.15, 0.2) is 5.76 Å². The number of hydrogen-bond donors (Lipinski definition) is 0. The second-order valence-electron chi connectivity index (χ2n) is 5.41. The summed E-state index contributed by atoms with van der Waals surface area (Å²) >= 11 is 0. The van der Waals surface area contributed by atoms with Crippen molar-refractivity contribution in [1.29, 1.82) is 0 Å². The molecule has 0 saturated carbocycles. The van der Waals surface area contributed by atoms with E-state index in [1.165, 1.54) is 7.11 Å². The largest absolute Gasteiger partial charge is 0.469 e. The Hall–Kier alpha value is -1.82. The highest BCUT2D eigenvalue weighted by Gasteiger charge is 2.30. The molecule has 0 spiro atoms. The highest BCUT2D eigenvalue weighted by atomic mass is 16.5. The zero-order valence-electron chi connectivity index (χ0n) is 12.8. The fraction of sp³-hybridized carbons (Fsp3) is 0.600. The van der Waals surface area contributed by atoms with Crippen LogP contribution in [0.4, 0.5) is 0 Å². The monoisotopic (exact) mass is 294 g/mol. The highest BCUT2D eigenvalue weighted by molar-refractivity contribution is 5.93. The van der Waals surface area contributed by atoms with Gasteiger partial charge in [0, 0.05) is 37.8 Å². The van der Waals surface area contributed by atoms with Crippen LogP contribution in [0, 0.1) is 6.92 Å². The van der Waals surface area contributed by atoms with Gasteiger partial charge in [-0.15, -0.1) is 0 Å². The van der Waals surface area contributed by atoms with Crippen LogP contribution in [-0.2, 0) is 9.53 Å². The lowest BCUT2D eigenvalue weighted by molar-refractivity contribution is -0.141. The lowest BCUT2D eigenvalue weighted by Gasteiger charge is -2.39. The maximum atomic E-state index is 12.5. The molecule has 1 atom stereocenters. The topological polar surface area (TPSA) is 63.0 Å². The van der Waals surface area contributed by atoms with Crippen molar-refractivity contribution >= 4 is 11.9 Å². The van der Waals surface area contributed by atoms with Crippen molar-refractivity contribution in [2.45, 2.75) is 26.3 Å². The Morgan fingerprint density at radius 3 is 2.76 bits per heavy atom. The number of hydrogen-bond acceptors (Lipinski definition) is 5. The first-order valence-electron chi connectivity index (χ1n) is 7.17.